The first-order valence-electron chi connectivity index (χ1n) is 5.80. The Morgan fingerprint density at radius 1 is 1.35 bits per heavy atom. The number of nitrogens with two attached hydrogens (primary N) is 1. The molecule has 0 aliphatic heterocycles. The van der Waals surface area contributed by atoms with Crippen molar-refractivity contribution < 1.29 is 4.74 Å². The lowest BCUT2D eigenvalue weighted by Crippen LogP contribution is -2.14. The van der Waals surface area contributed by atoms with E-state index in [1.165, 1.54) is 5.56 Å². The van der Waals surface area contributed by atoms with Crippen molar-refractivity contribution in [3.8, 4) is 11.8 Å². The monoisotopic (exact) mass is 232 g/mol. The van der Waals surface area contributed by atoms with E-state index in [4.69, 9.17) is 15.7 Å². The van der Waals surface area contributed by atoms with Crippen molar-refractivity contribution in [1.82, 2.24) is 0 Å². The van der Waals surface area contributed by atoms with Gasteiger partial charge in [-0.2, -0.15) is 5.26 Å². The topological polar surface area (TPSA) is 59.0 Å². The van der Waals surface area contributed by atoms with Crippen molar-refractivity contribution in [3.05, 3.63) is 28.3 Å². The Morgan fingerprint density at radius 3 is 2.53 bits per heavy atom. The van der Waals surface area contributed by atoms with Crippen LogP contribution in [0.25, 0.3) is 0 Å². The Balaban J connectivity index is 3.17. The van der Waals surface area contributed by atoms with Gasteiger partial charge in [0.15, 0.2) is 0 Å². The summed E-state index contributed by atoms with van der Waals surface area (Å²) in [5.41, 5.74) is 10.7. The lowest BCUT2D eigenvalue weighted by Gasteiger charge is -2.20. The lowest BCUT2D eigenvalue weighted by atomic mass is 9.90. The van der Waals surface area contributed by atoms with Crippen LogP contribution in [0.2, 0.25) is 0 Å². The number of nitrogens with zero attached hydrogens (tertiary/aromatic N) is 1. The van der Waals surface area contributed by atoms with Crippen LogP contribution in [0.15, 0.2) is 6.07 Å². The predicted octanol–water partition coefficient (Wildman–Crippen LogP) is 2.92. The van der Waals surface area contributed by atoms with Gasteiger partial charge in [-0.3, -0.25) is 0 Å². The van der Waals surface area contributed by atoms with Crippen LogP contribution in [0.3, 0.4) is 0 Å². The van der Waals surface area contributed by atoms with Crippen molar-refractivity contribution in [2.45, 2.75) is 39.7 Å². The summed E-state index contributed by atoms with van der Waals surface area (Å²) in [6.45, 7) is 6.14. The van der Waals surface area contributed by atoms with Gasteiger partial charge in [0.2, 0.25) is 0 Å². The van der Waals surface area contributed by atoms with Crippen molar-refractivity contribution >= 4 is 0 Å². The smallest absolute Gasteiger partial charge is 0.122 e. The van der Waals surface area contributed by atoms with Gasteiger partial charge >= 0.3 is 0 Å². The summed E-state index contributed by atoms with van der Waals surface area (Å²) >= 11 is 0. The molecule has 0 aliphatic rings. The first-order chi connectivity index (χ1) is 8.02. The number of aryl methyl sites for hydroxylation is 1. The molecule has 0 radical (unpaired) electrons. The summed E-state index contributed by atoms with van der Waals surface area (Å²) in [5, 5.41) is 8.61. The van der Waals surface area contributed by atoms with Gasteiger partial charge in [0.05, 0.1) is 13.2 Å². The summed E-state index contributed by atoms with van der Waals surface area (Å²) in [4.78, 5) is 0. The van der Waals surface area contributed by atoms with Crippen molar-refractivity contribution in [2.24, 2.45) is 5.73 Å². The summed E-state index contributed by atoms with van der Waals surface area (Å²) in [5.74, 6) is 0.899. The molecule has 1 rings (SSSR count). The van der Waals surface area contributed by atoms with Gasteiger partial charge in [0.25, 0.3) is 0 Å². The van der Waals surface area contributed by atoms with Gasteiger partial charge in [-0.15, -0.1) is 0 Å². The Labute approximate surface area is 103 Å². The molecular weight excluding hydrogens is 212 g/mol. The molecule has 17 heavy (non-hydrogen) atoms. The van der Waals surface area contributed by atoms with Crippen LogP contribution in [0.4, 0.5) is 0 Å². The summed E-state index contributed by atoms with van der Waals surface area (Å²) in [6, 6.07) is 4.09. The van der Waals surface area contributed by atoms with Crippen LogP contribution < -0.4 is 10.5 Å². The molecule has 1 atom stereocenters. The molecule has 0 amide bonds. The number of methoxy groups -OCH3 is 1. The highest BCUT2D eigenvalue weighted by atomic mass is 16.5. The minimum Gasteiger partial charge on any atom is -0.496 e. The first kappa shape index (κ1) is 13.5. The van der Waals surface area contributed by atoms with Gasteiger partial charge in [-0.05, 0) is 55.5 Å². The number of hydrogen-bond donors (Lipinski definition) is 1. The number of hydrogen-bond acceptors (Lipinski definition) is 3. The van der Waals surface area contributed by atoms with Crippen LogP contribution in [-0.4, -0.2) is 7.11 Å². The second-order valence-corrected chi connectivity index (χ2v) is 4.36. The molecule has 1 aromatic rings. The third-order valence-corrected chi connectivity index (χ3v) is 3.27. The molecule has 0 fully saturated rings. The average Bonchev–Trinajstić information content (AvgIpc) is 2.31. The lowest BCUT2D eigenvalue weighted by molar-refractivity contribution is 0.410. The van der Waals surface area contributed by atoms with Gasteiger partial charge < -0.3 is 10.5 Å². The van der Waals surface area contributed by atoms with Crippen LogP contribution in [0.1, 0.15) is 41.1 Å². The average molecular weight is 232 g/mol. The predicted molar refractivity (Wildman–Crippen MR) is 69.0 cm³/mol. The SMILES string of the molecule is COc1cc(C)c(C(N)CCC#N)c(C)c1C. The van der Waals surface area contributed by atoms with Crippen molar-refractivity contribution in [2.75, 3.05) is 7.11 Å². The zero-order valence-corrected chi connectivity index (χ0v) is 11.0. The normalized spacial score (nSPS) is 12.0. The van der Waals surface area contributed by atoms with E-state index in [1.54, 1.807) is 7.11 Å². The van der Waals surface area contributed by atoms with E-state index in [1.807, 2.05) is 19.9 Å². The highest BCUT2D eigenvalue weighted by molar-refractivity contribution is 5.49. The zero-order valence-electron chi connectivity index (χ0n) is 11.0. The quantitative estimate of drug-likeness (QED) is 0.868. The van der Waals surface area contributed by atoms with Crippen LogP contribution >= 0.6 is 0 Å². The van der Waals surface area contributed by atoms with Crippen LogP contribution in [0.5, 0.6) is 5.75 Å². The first-order valence-corrected chi connectivity index (χ1v) is 5.80. The van der Waals surface area contributed by atoms with E-state index >= 15 is 0 Å². The molecule has 3 heteroatoms. The summed E-state index contributed by atoms with van der Waals surface area (Å²) < 4.78 is 5.33. The molecule has 0 saturated carbocycles. The van der Waals surface area contributed by atoms with Crippen LogP contribution in [-0.2, 0) is 0 Å². The Hall–Kier alpha value is -1.53. The number of rotatable bonds is 4. The largest absolute Gasteiger partial charge is 0.496 e. The van der Waals surface area contributed by atoms with Crippen molar-refractivity contribution in [3.63, 3.8) is 0 Å². The fraction of sp³-hybridized carbons (Fsp3) is 0.500. The van der Waals surface area contributed by atoms with Crippen LogP contribution in [0, 0.1) is 32.1 Å². The highest BCUT2D eigenvalue weighted by Crippen LogP contribution is 2.31. The molecule has 1 unspecified atom stereocenters. The standard InChI is InChI=1S/C14H20N2O/c1-9-8-13(17-4)10(2)11(3)14(9)12(16)6-5-7-15/h8,12H,5-6,16H2,1-4H3. The molecule has 92 valence electrons. The molecule has 0 saturated heterocycles. The zero-order chi connectivity index (χ0) is 13.0. The van der Waals surface area contributed by atoms with Gasteiger partial charge in [0.1, 0.15) is 5.75 Å². The summed E-state index contributed by atoms with van der Waals surface area (Å²) in [7, 11) is 1.68. The fourth-order valence-electron chi connectivity index (χ4n) is 2.21. The Morgan fingerprint density at radius 2 is 2.00 bits per heavy atom. The fourth-order valence-corrected chi connectivity index (χ4v) is 2.21. The summed E-state index contributed by atoms with van der Waals surface area (Å²) in [6.07, 6.45) is 1.19. The second-order valence-electron chi connectivity index (χ2n) is 4.36. The molecule has 3 nitrogen and oxygen atoms in total. The molecule has 0 heterocycles. The maximum Gasteiger partial charge on any atom is 0.122 e. The maximum absolute atomic E-state index is 8.61. The van der Waals surface area contributed by atoms with E-state index in [0.717, 1.165) is 22.4 Å². The second kappa shape index (κ2) is 5.70. The Bertz CT molecular complexity index is 447. The molecular formula is C14H20N2O. The van der Waals surface area contributed by atoms with Gasteiger partial charge in [-0.25, -0.2) is 0 Å². The van der Waals surface area contributed by atoms with Gasteiger partial charge in [-0.1, -0.05) is 0 Å². The van der Waals surface area contributed by atoms with E-state index in [-0.39, 0.29) is 6.04 Å². The van der Waals surface area contributed by atoms with E-state index in [2.05, 4.69) is 13.0 Å². The van der Waals surface area contributed by atoms with Gasteiger partial charge in [0, 0.05) is 12.5 Å². The minimum absolute atomic E-state index is 0.0701. The van der Waals surface area contributed by atoms with E-state index in [9.17, 15) is 0 Å². The Kier molecular flexibility index (Phi) is 4.53. The number of ether oxygens (including phenoxy) is 1. The van der Waals surface area contributed by atoms with E-state index < -0.39 is 0 Å². The molecule has 0 aliphatic carbocycles. The molecule has 0 spiro atoms. The molecule has 2 N–H and O–H groups in total. The molecule has 1 aromatic carbocycles. The number of benzene rings is 1. The molecule has 0 bridgehead atoms. The van der Waals surface area contributed by atoms with E-state index in [0.29, 0.717) is 12.8 Å². The third-order valence-electron chi connectivity index (χ3n) is 3.27. The van der Waals surface area contributed by atoms with Crippen molar-refractivity contribution in [1.29, 1.82) is 5.26 Å². The molecule has 0 aromatic heterocycles. The highest BCUT2D eigenvalue weighted by Gasteiger charge is 2.16. The maximum atomic E-state index is 8.61. The third kappa shape index (κ3) is 2.78. The minimum atomic E-state index is -0.0701. The number of nitriles is 1.